The molecule has 3 N–H and O–H groups in total. The van der Waals surface area contributed by atoms with E-state index in [0.717, 1.165) is 0 Å². The summed E-state index contributed by atoms with van der Waals surface area (Å²) in [7, 11) is 0. The van der Waals surface area contributed by atoms with Gasteiger partial charge < -0.3 is 15.2 Å². The summed E-state index contributed by atoms with van der Waals surface area (Å²) in [5.74, 6) is -0.788. The van der Waals surface area contributed by atoms with Gasteiger partial charge in [0, 0.05) is 13.0 Å². The van der Waals surface area contributed by atoms with Gasteiger partial charge in [0.1, 0.15) is 0 Å². The molecule has 2 fully saturated rings. The molecule has 0 aromatic rings. The summed E-state index contributed by atoms with van der Waals surface area (Å²) in [4.78, 5) is 23.1. The second-order valence-electron chi connectivity index (χ2n) is 4.50. The summed E-state index contributed by atoms with van der Waals surface area (Å²) in [5, 5.41) is 2.35. The Morgan fingerprint density at radius 2 is 2.12 bits per heavy atom. The van der Waals surface area contributed by atoms with Gasteiger partial charge in [0.05, 0.1) is 31.3 Å². The number of nitrogens with one attached hydrogen (secondary N) is 1. The van der Waals surface area contributed by atoms with E-state index in [4.69, 9.17) is 15.2 Å². The average Bonchev–Trinajstić information content (AvgIpc) is 2.67. The van der Waals surface area contributed by atoms with Gasteiger partial charge in [-0.1, -0.05) is 0 Å². The average molecular weight is 228 g/mol. The molecule has 6 nitrogen and oxygen atoms in total. The highest BCUT2D eigenvalue weighted by Crippen LogP contribution is 2.18. The Morgan fingerprint density at radius 3 is 2.62 bits per heavy atom. The van der Waals surface area contributed by atoms with E-state index < -0.39 is 5.54 Å². The number of amides is 2. The molecule has 1 atom stereocenters. The van der Waals surface area contributed by atoms with E-state index in [1.807, 2.05) is 0 Å². The first-order valence-corrected chi connectivity index (χ1v) is 5.37. The van der Waals surface area contributed by atoms with Crippen molar-refractivity contribution in [2.75, 3.05) is 26.4 Å². The van der Waals surface area contributed by atoms with Gasteiger partial charge in [-0.05, 0) is 6.42 Å². The van der Waals surface area contributed by atoms with Crippen LogP contribution < -0.4 is 11.1 Å². The van der Waals surface area contributed by atoms with Crippen LogP contribution in [0.2, 0.25) is 0 Å². The van der Waals surface area contributed by atoms with Crippen molar-refractivity contribution in [2.24, 2.45) is 11.7 Å². The van der Waals surface area contributed by atoms with Crippen LogP contribution in [0.25, 0.3) is 0 Å². The first-order chi connectivity index (χ1) is 7.59. The van der Waals surface area contributed by atoms with Gasteiger partial charge in [0.15, 0.2) is 0 Å². The van der Waals surface area contributed by atoms with E-state index in [1.54, 1.807) is 0 Å². The maximum Gasteiger partial charge on any atom is 0.232 e. The lowest BCUT2D eigenvalue weighted by atomic mass is 9.94. The Hall–Kier alpha value is -0.980. The predicted molar refractivity (Wildman–Crippen MR) is 54.4 cm³/mol. The summed E-state index contributed by atoms with van der Waals surface area (Å²) in [6.07, 6.45) is 0.808. The van der Waals surface area contributed by atoms with Crippen LogP contribution in [0.4, 0.5) is 0 Å². The smallest absolute Gasteiger partial charge is 0.232 e. The molecule has 0 aromatic heterocycles. The second-order valence-corrected chi connectivity index (χ2v) is 4.50. The van der Waals surface area contributed by atoms with E-state index in [2.05, 4.69) is 5.32 Å². The molecule has 2 amide bonds. The van der Waals surface area contributed by atoms with Gasteiger partial charge in [-0.2, -0.15) is 0 Å². The zero-order valence-corrected chi connectivity index (χ0v) is 9.03. The van der Waals surface area contributed by atoms with Gasteiger partial charge in [0.25, 0.3) is 0 Å². The number of imide groups is 1. The summed E-state index contributed by atoms with van der Waals surface area (Å²) in [6.45, 7) is 1.74. The van der Waals surface area contributed by atoms with Crippen molar-refractivity contribution in [2.45, 2.75) is 18.4 Å². The largest absolute Gasteiger partial charge is 0.381 e. The lowest BCUT2D eigenvalue weighted by molar-refractivity contribution is -0.136. The van der Waals surface area contributed by atoms with Gasteiger partial charge in [-0.25, -0.2) is 0 Å². The Bertz CT molecular complexity index is 295. The Labute approximate surface area is 93.5 Å². The van der Waals surface area contributed by atoms with Gasteiger partial charge in [-0.15, -0.1) is 0 Å². The number of carbonyl (C=O) groups is 2. The molecule has 2 rings (SSSR count). The monoisotopic (exact) mass is 228 g/mol. The Balaban J connectivity index is 1.75. The molecule has 2 saturated heterocycles. The van der Waals surface area contributed by atoms with E-state index in [9.17, 15) is 9.59 Å². The van der Waals surface area contributed by atoms with E-state index in [1.165, 1.54) is 0 Å². The second kappa shape index (κ2) is 4.48. The molecule has 16 heavy (non-hydrogen) atoms. The Morgan fingerprint density at radius 1 is 1.38 bits per heavy atom. The third-order valence-electron chi connectivity index (χ3n) is 2.85. The highest BCUT2D eigenvalue weighted by molar-refractivity contribution is 5.96. The number of nitrogens with two attached hydrogens (primary N) is 1. The van der Waals surface area contributed by atoms with Crippen molar-refractivity contribution < 1.29 is 19.1 Å². The zero-order valence-electron chi connectivity index (χ0n) is 9.03. The SMILES string of the molecule is NC1(CC(=O)NC(=O)C2CCOC2)COC1. The van der Waals surface area contributed by atoms with Crippen LogP contribution >= 0.6 is 0 Å². The molecule has 6 heteroatoms. The number of hydrogen-bond acceptors (Lipinski definition) is 5. The van der Waals surface area contributed by atoms with Crippen LogP contribution in [0.3, 0.4) is 0 Å². The highest BCUT2D eigenvalue weighted by atomic mass is 16.5. The fourth-order valence-corrected chi connectivity index (χ4v) is 1.81. The van der Waals surface area contributed by atoms with Crippen LogP contribution in [-0.2, 0) is 19.1 Å². The van der Waals surface area contributed by atoms with Crippen LogP contribution in [0.1, 0.15) is 12.8 Å². The Kier molecular flexibility index (Phi) is 3.22. The van der Waals surface area contributed by atoms with Gasteiger partial charge in [-0.3, -0.25) is 14.9 Å². The lowest BCUT2D eigenvalue weighted by Crippen LogP contribution is -2.59. The van der Waals surface area contributed by atoms with Crippen molar-refractivity contribution >= 4 is 11.8 Å². The molecule has 0 saturated carbocycles. The maximum absolute atomic E-state index is 11.6. The molecule has 2 heterocycles. The third-order valence-corrected chi connectivity index (χ3v) is 2.85. The number of ether oxygens (including phenoxy) is 2. The quantitative estimate of drug-likeness (QED) is 0.632. The molecule has 90 valence electrons. The molecule has 2 aliphatic rings. The topological polar surface area (TPSA) is 90.7 Å². The predicted octanol–water partition coefficient (Wildman–Crippen LogP) is -1.22. The fraction of sp³-hybridized carbons (Fsp3) is 0.800. The van der Waals surface area contributed by atoms with Crippen molar-refractivity contribution in [1.82, 2.24) is 5.32 Å². The molecule has 0 radical (unpaired) electrons. The minimum atomic E-state index is -0.587. The van der Waals surface area contributed by atoms with Crippen LogP contribution in [0.5, 0.6) is 0 Å². The van der Waals surface area contributed by atoms with Gasteiger partial charge in [0.2, 0.25) is 11.8 Å². The molecule has 0 spiro atoms. The first-order valence-electron chi connectivity index (χ1n) is 5.37. The molecule has 0 aliphatic carbocycles. The fourth-order valence-electron chi connectivity index (χ4n) is 1.81. The van der Waals surface area contributed by atoms with Crippen LogP contribution in [-0.4, -0.2) is 43.8 Å². The summed E-state index contributed by atoms with van der Waals surface area (Å²) in [6, 6.07) is 0. The normalized spacial score (nSPS) is 27.2. The number of carbonyl (C=O) groups excluding carboxylic acids is 2. The molecular weight excluding hydrogens is 212 g/mol. The standard InChI is InChI=1S/C10H16N2O4/c11-10(5-16-6-10)3-8(13)12-9(14)7-1-2-15-4-7/h7H,1-6,11H2,(H,12,13,14). The summed E-state index contributed by atoms with van der Waals surface area (Å²) < 4.78 is 10.0. The first kappa shape index (κ1) is 11.5. The van der Waals surface area contributed by atoms with E-state index in [0.29, 0.717) is 32.8 Å². The molecule has 0 bridgehead atoms. The van der Waals surface area contributed by atoms with Crippen molar-refractivity contribution in [3.05, 3.63) is 0 Å². The maximum atomic E-state index is 11.6. The third kappa shape index (κ3) is 2.58. The van der Waals surface area contributed by atoms with Crippen LogP contribution in [0.15, 0.2) is 0 Å². The van der Waals surface area contributed by atoms with Crippen molar-refractivity contribution in [1.29, 1.82) is 0 Å². The summed E-state index contributed by atoms with van der Waals surface area (Å²) >= 11 is 0. The highest BCUT2D eigenvalue weighted by Gasteiger charge is 2.37. The molecular formula is C10H16N2O4. The molecule has 0 aromatic carbocycles. The van der Waals surface area contributed by atoms with Crippen molar-refractivity contribution in [3.8, 4) is 0 Å². The minimum absolute atomic E-state index is 0.131. The van der Waals surface area contributed by atoms with E-state index in [-0.39, 0.29) is 24.2 Å². The van der Waals surface area contributed by atoms with Gasteiger partial charge >= 0.3 is 0 Å². The minimum Gasteiger partial charge on any atom is -0.381 e. The van der Waals surface area contributed by atoms with Crippen molar-refractivity contribution in [3.63, 3.8) is 0 Å². The summed E-state index contributed by atoms with van der Waals surface area (Å²) in [5.41, 5.74) is 5.22. The molecule has 2 aliphatic heterocycles. The number of hydrogen-bond donors (Lipinski definition) is 2. The lowest BCUT2D eigenvalue weighted by Gasteiger charge is -2.37. The number of rotatable bonds is 3. The molecule has 1 unspecified atom stereocenters. The zero-order chi connectivity index (χ0) is 11.6. The van der Waals surface area contributed by atoms with Crippen LogP contribution in [0, 0.1) is 5.92 Å². The van der Waals surface area contributed by atoms with E-state index >= 15 is 0 Å².